The third kappa shape index (κ3) is 178. The summed E-state index contributed by atoms with van der Waals surface area (Å²) < 4.78 is 0. The molecule has 0 saturated heterocycles. The summed E-state index contributed by atoms with van der Waals surface area (Å²) in [4.78, 5) is 0. The van der Waals surface area contributed by atoms with Crippen LogP contribution < -0.4 is 0 Å². The van der Waals surface area contributed by atoms with Crippen LogP contribution in [0.1, 0.15) is 210 Å². The normalized spacial score (nSPS) is 9.00. The molecule has 0 amide bonds. The van der Waals surface area contributed by atoms with Crippen LogP contribution in [0.5, 0.6) is 0 Å². The third-order valence-electron chi connectivity index (χ3n) is 5.36. The lowest BCUT2D eigenvalue weighted by molar-refractivity contribution is 0.215. The maximum atomic E-state index is 8.06. The molecule has 0 aliphatic rings. The number of unbranched alkanes of at least 4 members (excludes halogenated alkanes) is 18. The molecule has 0 aromatic rings. The number of aliphatic hydroxyl groups excluding tert-OH is 6. The molecule has 0 unspecified atom stereocenters. The maximum absolute atomic E-state index is 8.06. The van der Waals surface area contributed by atoms with Gasteiger partial charge in [0.15, 0.2) is 0 Å². The molecule has 0 aromatic carbocycles. The van der Waals surface area contributed by atoms with Gasteiger partial charge in [-0.05, 0) is 40.5 Å². The summed E-state index contributed by atoms with van der Waals surface area (Å²) in [5.41, 5.74) is 0. The fourth-order valence-corrected chi connectivity index (χ4v) is 3.12. The third-order valence-corrected chi connectivity index (χ3v) is 5.36. The minimum atomic E-state index is -0.167. The summed E-state index contributed by atoms with van der Waals surface area (Å²) in [5, 5.41) is 45.9. The quantitative estimate of drug-likeness (QED) is 0.0733. The molecular formula is C38H92O6. The van der Waals surface area contributed by atoms with E-state index in [0.717, 1.165) is 27.1 Å². The van der Waals surface area contributed by atoms with Crippen LogP contribution in [0.2, 0.25) is 0 Å². The maximum Gasteiger partial charge on any atom is 0.0483 e. The standard InChI is InChI=1S/2C12H26.4C3H8O.2CH4O/c2*1-3-5-7-9-11-12-10-8-6-4-2;2*1-3(2)4;2*1-2-3-4;2*1-2/h2*3-12H2,1-2H3;2*3-4H,1-2H3;2*4H,2-3H2,1H3;2*2H,1H3. The Labute approximate surface area is 280 Å². The molecule has 0 aliphatic heterocycles. The highest BCUT2D eigenvalue weighted by Gasteiger charge is 1.91. The molecule has 0 saturated carbocycles. The summed E-state index contributed by atoms with van der Waals surface area (Å²) in [6.07, 6.45) is 30.3. The minimum absolute atomic E-state index is 0.167. The van der Waals surface area contributed by atoms with Crippen LogP contribution in [-0.4, -0.2) is 70.3 Å². The van der Waals surface area contributed by atoms with Crippen LogP contribution in [-0.2, 0) is 0 Å². The first-order valence-electron chi connectivity index (χ1n) is 18.6. The monoisotopic (exact) mass is 645 g/mol. The Morgan fingerprint density at radius 2 is 0.386 bits per heavy atom. The van der Waals surface area contributed by atoms with Gasteiger partial charge in [-0.3, -0.25) is 0 Å². The Kier molecular flexibility index (Phi) is 120. The fourth-order valence-electron chi connectivity index (χ4n) is 3.12. The van der Waals surface area contributed by atoms with E-state index in [-0.39, 0.29) is 12.2 Å². The molecule has 0 rings (SSSR count). The van der Waals surface area contributed by atoms with Gasteiger partial charge >= 0.3 is 0 Å². The molecule has 0 spiro atoms. The van der Waals surface area contributed by atoms with Crippen molar-refractivity contribution in [3.05, 3.63) is 0 Å². The van der Waals surface area contributed by atoms with Gasteiger partial charge in [-0.2, -0.15) is 0 Å². The fraction of sp³-hybridized carbons (Fsp3) is 1.00. The van der Waals surface area contributed by atoms with Gasteiger partial charge in [0.2, 0.25) is 0 Å². The predicted molar refractivity (Wildman–Crippen MR) is 201 cm³/mol. The van der Waals surface area contributed by atoms with Crippen molar-refractivity contribution in [3.63, 3.8) is 0 Å². The average Bonchev–Trinajstić information content (AvgIpc) is 3.02. The summed E-state index contributed by atoms with van der Waals surface area (Å²) in [6, 6.07) is 0. The zero-order chi connectivity index (χ0) is 36.1. The van der Waals surface area contributed by atoms with Crippen molar-refractivity contribution < 1.29 is 30.6 Å². The number of aliphatic hydroxyl groups is 6. The lowest BCUT2D eigenvalue weighted by Gasteiger charge is -1.99. The summed E-state index contributed by atoms with van der Waals surface area (Å²) in [5.74, 6) is 0. The smallest absolute Gasteiger partial charge is 0.0483 e. The van der Waals surface area contributed by atoms with Crippen molar-refractivity contribution in [2.45, 2.75) is 223 Å². The lowest BCUT2D eigenvalue weighted by atomic mass is 10.1. The summed E-state index contributed by atoms with van der Waals surface area (Å²) in [6.45, 7) is 20.5. The summed E-state index contributed by atoms with van der Waals surface area (Å²) >= 11 is 0. The molecule has 0 aromatic heterocycles. The first kappa shape index (κ1) is 62.6. The highest BCUT2D eigenvalue weighted by molar-refractivity contribution is 4.46. The highest BCUT2D eigenvalue weighted by atomic mass is 16.3. The molecule has 6 nitrogen and oxygen atoms in total. The average molecular weight is 645 g/mol. The Morgan fingerprint density at radius 1 is 0.295 bits per heavy atom. The van der Waals surface area contributed by atoms with Crippen LogP contribution in [0.3, 0.4) is 0 Å². The van der Waals surface area contributed by atoms with E-state index >= 15 is 0 Å². The van der Waals surface area contributed by atoms with E-state index in [1.54, 1.807) is 27.7 Å². The van der Waals surface area contributed by atoms with Gasteiger partial charge in [-0.1, -0.05) is 170 Å². The van der Waals surface area contributed by atoms with Crippen LogP contribution in [0.15, 0.2) is 0 Å². The van der Waals surface area contributed by atoms with Crippen molar-refractivity contribution in [1.29, 1.82) is 0 Å². The molecule has 0 bridgehead atoms. The van der Waals surface area contributed by atoms with Crippen LogP contribution >= 0.6 is 0 Å². The molecule has 44 heavy (non-hydrogen) atoms. The largest absolute Gasteiger partial charge is 0.400 e. The number of hydrogen-bond acceptors (Lipinski definition) is 6. The Morgan fingerprint density at radius 3 is 0.455 bits per heavy atom. The van der Waals surface area contributed by atoms with Gasteiger partial charge in [-0.15, -0.1) is 0 Å². The van der Waals surface area contributed by atoms with Crippen molar-refractivity contribution in [3.8, 4) is 0 Å². The first-order valence-corrected chi connectivity index (χ1v) is 18.6. The molecule has 0 radical (unpaired) electrons. The van der Waals surface area contributed by atoms with Crippen LogP contribution in [0, 0.1) is 0 Å². The molecule has 0 atom stereocenters. The molecule has 0 aliphatic carbocycles. The zero-order valence-corrected chi connectivity index (χ0v) is 32.8. The number of hydrogen-bond donors (Lipinski definition) is 6. The molecule has 0 heterocycles. The van der Waals surface area contributed by atoms with Crippen molar-refractivity contribution >= 4 is 0 Å². The van der Waals surface area contributed by atoms with Gasteiger partial charge in [0.1, 0.15) is 0 Å². The van der Waals surface area contributed by atoms with Gasteiger partial charge in [0.05, 0.1) is 0 Å². The molecular weight excluding hydrogens is 552 g/mol. The van der Waals surface area contributed by atoms with E-state index in [1.807, 2.05) is 13.8 Å². The Balaban J connectivity index is -0.0000000621. The second-order valence-electron chi connectivity index (χ2n) is 11.3. The van der Waals surface area contributed by atoms with Crippen molar-refractivity contribution in [1.82, 2.24) is 0 Å². The van der Waals surface area contributed by atoms with Gasteiger partial charge in [0.25, 0.3) is 0 Å². The first-order chi connectivity index (χ1) is 21.1. The summed E-state index contributed by atoms with van der Waals surface area (Å²) in [7, 11) is 2.00. The minimum Gasteiger partial charge on any atom is -0.400 e. The van der Waals surface area contributed by atoms with E-state index in [2.05, 4.69) is 27.7 Å². The Bertz CT molecular complexity index is 256. The van der Waals surface area contributed by atoms with Gasteiger partial charge in [0, 0.05) is 39.6 Å². The van der Waals surface area contributed by atoms with Crippen molar-refractivity contribution in [2.75, 3.05) is 27.4 Å². The Hall–Kier alpha value is -0.240. The molecule has 280 valence electrons. The SMILES string of the molecule is CC(C)O.CC(C)O.CCCCCCCCCCCC.CCCCCCCCCCCC.CCCO.CCCO.CO.CO. The topological polar surface area (TPSA) is 121 Å². The van der Waals surface area contributed by atoms with E-state index < -0.39 is 0 Å². The predicted octanol–water partition coefficient (Wildman–Crippen LogP) is 10.6. The van der Waals surface area contributed by atoms with Crippen LogP contribution in [0.4, 0.5) is 0 Å². The van der Waals surface area contributed by atoms with Gasteiger partial charge < -0.3 is 30.6 Å². The second kappa shape index (κ2) is 84.2. The lowest BCUT2D eigenvalue weighted by Crippen LogP contribution is -1.85. The molecule has 6 heteroatoms. The second-order valence-corrected chi connectivity index (χ2v) is 11.3. The van der Waals surface area contributed by atoms with E-state index in [4.69, 9.17) is 30.6 Å². The van der Waals surface area contributed by atoms with E-state index in [9.17, 15) is 0 Å². The highest BCUT2D eigenvalue weighted by Crippen LogP contribution is 2.10. The molecule has 6 N–H and O–H groups in total. The zero-order valence-electron chi connectivity index (χ0n) is 32.8. The van der Waals surface area contributed by atoms with E-state index in [0.29, 0.717) is 13.2 Å². The van der Waals surface area contributed by atoms with Crippen LogP contribution in [0.25, 0.3) is 0 Å². The molecule has 0 fully saturated rings. The van der Waals surface area contributed by atoms with E-state index in [1.165, 1.54) is 128 Å². The van der Waals surface area contributed by atoms with Crippen molar-refractivity contribution in [2.24, 2.45) is 0 Å². The van der Waals surface area contributed by atoms with Gasteiger partial charge in [-0.25, -0.2) is 0 Å². The number of rotatable bonds is 20.